The summed E-state index contributed by atoms with van der Waals surface area (Å²) in [4.78, 5) is 20.0. The largest absolute Gasteiger partial charge is 0.357 e. The van der Waals surface area contributed by atoms with Gasteiger partial charge in [0.1, 0.15) is 5.82 Å². The van der Waals surface area contributed by atoms with Crippen molar-refractivity contribution in [1.29, 1.82) is 0 Å². The maximum absolute atomic E-state index is 12.3. The lowest BCUT2D eigenvalue weighted by molar-refractivity contribution is 0.0951. The molecule has 0 fully saturated rings. The highest BCUT2D eigenvalue weighted by Crippen LogP contribution is 2.23. The lowest BCUT2D eigenvalue weighted by atomic mass is 10.2. The Balaban J connectivity index is 2.01. The van der Waals surface area contributed by atoms with Crippen LogP contribution in [-0.2, 0) is 6.54 Å². The second-order valence-electron chi connectivity index (χ2n) is 5.23. The number of hydrogen-bond acceptors (Lipinski definition) is 4. The molecule has 1 N–H and O–H groups in total. The van der Waals surface area contributed by atoms with Gasteiger partial charge in [-0.3, -0.25) is 4.79 Å². The molecule has 1 aromatic carbocycles. The first-order chi connectivity index (χ1) is 11.6. The van der Waals surface area contributed by atoms with Crippen LogP contribution >= 0.6 is 23.4 Å². The predicted octanol–water partition coefficient (Wildman–Crippen LogP) is 4.23. The lowest BCUT2D eigenvalue weighted by Crippen LogP contribution is -2.24. The Kier molecular flexibility index (Phi) is 6.94. The Bertz CT molecular complexity index is 687. The molecule has 0 atom stereocenters. The summed E-state index contributed by atoms with van der Waals surface area (Å²) in [6.07, 6.45) is 3.77. The summed E-state index contributed by atoms with van der Waals surface area (Å²) < 4.78 is 0. The average molecular weight is 364 g/mol. The zero-order valence-corrected chi connectivity index (χ0v) is 15.7. The van der Waals surface area contributed by atoms with Gasteiger partial charge in [0, 0.05) is 30.7 Å². The Labute approximate surface area is 152 Å². The molecule has 128 valence electrons. The van der Waals surface area contributed by atoms with Crippen molar-refractivity contribution in [2.75, 3.05) is 24.2 Å². The molecule has 0 saturated heterocycles. The number of nitrogens with zero attached hydrogens (tertiary/aromatic N) is 2. The molecule has 1 heterocycles. The van der Waals surface area contributed by atoms with Gasteiger partial charge in [0.25, 0.3) is 5.91 Å². The molecule has 2 aromatic rings. The highest BCUT2D eigenvalue weighted by atomic mass is 35.5. The van der Waals surface area contributed by atoms with E-state index in [1.165, 1.54) is 0 Å². The number of nitrogens with one attached hydrogen (secondary N) is 1. The zero-order valence-electron chi connectivity index (χ0n) is 14.2. The number of benzene rings is 1. The number of amides is 1. The van der Waals surface area contributed by atoms with Gasteiger partial charge >= 0.3 is 0 Å². The molecule has 24 heavy (non-hydrogen) atoms. The average Bonchev–Trinajstić information content (AvgIpc) is 2.62. The van der Waals surface area contributed by atoms with E-state index in [1.807, 2.05) is 30.5 Å². The smallest absolute Gasteiger partial charge is 0.253 e. The minimum Gasteiger partial charge on any atom is -0.357 e. The molecule has 0 spiro atoms. The van der Waals surface area contributed by atoms with Crippen LogP contribution in [0.25, 0.3) is 0 Å². The molecular weight excluding hydrogens is 342 g/mol. The molecule has 0 unspecified atom stereocenters. The molecule has 0 aliphatic carbocycles. The van der Waals surface area contributed by atoms with Gasteiger partial charge in [-0.15, -0.1) is 11.8 Å². The van der Waals surface area contributed by atoms with Crippen LogP contribution in [0, 0.1) is 0 Å². The molecule has 0 bridgehead atoms. The summed E-state index contributed by atoms with van der Waals surface area (Å²) in [7, 11) is 0. The van der Waals surface area contributed by atoms with Crippen LogP contribution in [0.1, 0.15) is 29.8 Å². The van der Waals surface area contributed by atoms with E-state index >= 15 is 0 Å². The van der Waals surface area contributed by atoms with Crippen molar-refractivity contribution >= 4 is 35.1 Å². The van der Waals surface area contributed by atoms with Gasteiger partial charge in [-0.25, -0.2) is 4.98 Å². The van der Waals surface area contributed by atoms with Gasteiger partial charge in [0.05, 0.1) is 10.6 Å². The Morgan fingerprint density at radius 1 is 1.25 bits per heavy atom. The van der Waals surface area contributed by atoms with E-state index in [0.29, 0.717) is 17.1 Å². The van der Waals surface area contributed by atoms with E-state index in [0.717, 1.165) is 29.4 Å². The monoisotopic (exact) mass is 363 g/mol. The van der Waals surface area contributed by atoms with Crippen molar-refractivity contribution in [2.24, 2.45) is 0 Å². The number of halogens is 1. The van der Waals surface area contributed by atoms with E-state index in [1.54, 1.807) is 24.0 Å². The molecule has 4 nitrogen and oxygen atoms in total. The molecule has 0 radical (unpaired) electrons. The standard InChI is InChI=1S/C18H22ClN3OS/c1-4-22(5-2)17-9-6-13(11-20-17)12-21-18(23)15-10-14(24-3)7-8-16(15)19/h6-11H,4-5,12H2,1-3H3,(H,21,23). The van der Waals surface area contributed by atoms with Crippen LogP contribution in [0.15, 0.2) is 41.4 Å². The summed E-state index contributed by atoms with van der Waals surface area (Å²) in [5.41, 5.74) is 1.45. The molecule has 2 rings (SSSR count). The molecule has 0 saturated carbocycles. The molecule has 6 heteroatoms. The summed E-state index contributed by atoms with van der Waals surface area (Å²) >= 11 is 7.71. The van der Waals surface area contributed by atoms with E-state index < -0.39 is 0 Å². The normalized spacial score (nSPS) is 10.5. The molecule has 1 aromatic heterocycles. The second-order valence-corrected chi connectivity index (χ2v) is 6.51. The highest BCUT2D eigenvalue weighted by molar-refractivity contribution is 7.98. The fraction of sp³-hybridized carbons (Fsp3) is 0.333. The molecular formula is C18H22ClN3OS. The van der Waals surface area contributed by atoms with E-state index in [4.69, 9.17) is 11.6 Å². The minimum atomic E-state index is -0.177. The SMILES string of the molecule is CCN(CC)c1ccc(CNC(=O)c2cc(SC)ccc2Cl)cn1. The first-order valence-corrected chi connectivity index (χ1v) is 9.50. The van der Waals surface area contributed by atoms with Gasteiger partial charge in [-0.1, -0.05) is 17.7 Å². The number of carbonyl (C=O) groups excluding carboxylic acids is 1. The van der Waals surface area contributed by atoms with Crippen LogP contribution in [0.4, 0.5) is 5.82 Å². The van der Waals surface area contributed by atoms with Gasteiger partial charge in [-0.05, 0) is 49.9 Å². The van der Waals surface area contributed by atoms with Crippen molar-refractivity contribution in [2.45, 2.75) is 25.3 Å². The number of thioether (sulfide) groups is 1. The first kappa shape index (κ1) is 18.6. The van der Waals surface area contributed by atoms with Crippen LogP contribution in [0.5, 0.6) is 0 Å². The van der Waals surface area contributed by atoms with Crippen LogP contribution in [0.2, 0.25) is 5.02 Å². The number of carbonyl (C=O) groups is 1. The number of aromatic nitrogens is 1. The molecule has 0 aliphatic rings. The van der Waals surface area contributed by atoms with Crippen LogP contribution in [-0.4, -0.2) is 30.2 Å². The van der Waals surface area contributed by atoms with Gasteiger partial charge in [-0.2, -0.15) is 0 Å². The van der Waals surface area contributed by atoms with Gasteiger partial charge in [0.2, 0.25) is 0 Å². The first-order valence-electron chi connectivity index (χ1n) is 7.90. The van der Waals surface area contributed by atoms with Crippen molar-refractivity contribution < 1.29 is 4.79 Å². The summed E-state index contributed by atoms with van der Waals surface area (Å²) in [6.45, 7) is 6.47. The molecule has 1 amide bonds. The van der Waals surface area contributed by atoms with Crippen molar-refractivity contribution in [1.82, 2.24) is 10.3 Å². The van der Waals surface area contributed by atoms with Crippen molar-refractivity contribution in [3.8, 4) is 0 Å². The third-order valence-electron chi connectivity index (χ3n) is 3.77. The molecule has 0 aliphatic heterocycles. The number of rotatable bonds is 7. The van der Waals surface area contributed by atoms with Crippen LogP contribution in [0.3, 0.4) is 0 Å². The Morgan fingerprint density at radius 2 is 2.00 bits per heavy atom. The minimum absolute atomic E-state index is 0.177. The maximum Gasteiger partial charge on any atom is 0.253 e. The lowest BCUT2D eigenvalue weighted by Gasteiger charge is -2.19. The topological polar surface area (TPSA) is 45.2 Å². The van der Waals surface area contributed by atoms with E-state index in [-0.39, 0.29) is 5.91 Å². The number of pyridine rings is 1. The van der Waals surface area contributed by atoms with Crippen molar-refractivity contribution in [3.63, 3.8) is 0 Å². The summed E-state index contributed by atoms with van der Waals surface area (Å²) in [5, 5.41) is 3.36. The second kappa shape index (κ2) is 8.94. The number of anilines is 1. The summed E-state index contributed by atoms with van der Waals surface area (Å²) in [6, 6.07) is 9.43. The number of hydrogen-bond donors (Lipinski definition) is 1. The third-order valence-corrected chi connectivity index (χ3v) is 4.82. The predicted molar refractivity (Wildman–Crippen MR) is 102 cm³/mol. The van der Waals surface area contributed by atoms with Gasteiger partial charge in [0.15, 0.2) is 0 Å². The highest BCUT2D eigenvalue weighted by Gasteiger charge is 2.11. The maximum atomic E-state index is 12.3. The van der Waals surface area contributed by atoms with E-state index in [2.05, 4.69) is 29.0 Å². The quantitative estimate of drug-likeness (QED) is 0.747. The Hall–Kier alpha value is -1.72. The van der Waals surface area contributed by atoms with E-state index in [9.17, 15) is 4.79 Å². The summed E-state index contributed by atoms with van der Waals surface area (Å²) in [5.74, 6) is 0.773. The van der Waals surface area contributed by atoms with Crippen molar-refractivity contribution in [3.05, 3.63) is 52.7 Å². The Morgan fingerprint density at radius 3 is 2.58 bits per heavy atom. The fourth-order valence-electron chi connectivity index (χ4n) is 2.34. The van der Waals surface area contributed by atoms with Gasteiger partial charge < -0.3 is 10.2 Å². The fourth-order valence-corrected chi connectivity index (χ4v) is 2.98. The zero-order chi connectivity index (χ0) is 17.5. The van der Waals surface area contributed by atoms with Crippen LogP contribution < -0.4 is 10.2 Å². The third kappa shape index (κ3) is 4.65.